The Labute approximate surface area is 810 Å². The predicted octanol–water partition coefficient (Wildman–Crippen LogP) is 34.2. The monoisotopic (exact) mass is 1800 g/mol. The van der Waals surface area contributed by atoms with Gasteiger partial charge in [0.1, 0.15) is 0 Å². The van der Waals surface area contributed by atoms with Gasteiger partial charge in [-0.2, -0.15) is 0 Å². The van der Waals surface area contributed by atoms with Gasteiger partial charge in [0.25, 0.3) is 0 Å². The molecule has 139 heavy (non-hydrogen) atoms. The van der Waals surface area contributed by atoms with Crippen LogP contribution in [0.5, 0.6) is 0 Å². The molecule has 0 unspecified atom stereocenters. The fourth-order valence-corrected chi connectivity index (χ4v) is 25.8. The molecule has 8 aromatic heterocycles. The lowest BCUT2D eigenvalue weighted by Crippen LogP contribution is -2.17. The Morgan fingerprint density at radius 3 is 1.06 bits per heavy atom. The normalized spacial score (nSPS) is 14.0. The van der Waals surface area contributed by atoms with Gasteiger partial charge in [-0.3, -0.25) is 15.0 Å². The molecule has 9 nitrogen and oxygen atoms in total. The van der Waals surface area contributed by atoms with Crippen LogP contribution < -0.4 is 9.80 Å². The van der Waals surface area contributed by atoms with Crippen molar-refractivity contribution < 1.29 is 0 Å². The first-order valence-electron chi connectivity index (χ1n) is 48.3. The van der Waals surface area contributed by atoms with Crippen molar-refractivity contribution in [1.29, 1.82) is 0 Å². The first-order valence-corrected chi connectivity index (χ1v) is 49.1. The van der Waals surface area contributed by atoms with E-state index in [1.54, 1.807) is 0 Å². The molecule has 662 valence electrons. The summed E-state index contributed by atoms with van der Waals surface area (Å²) in [6, 6.07) is 150. The van der Waals surface area contributed by atoms with Crippen LogP contribution in [0.4, 0.5) is 34.1 Å². The molecule has 25 aromatic rings. The number of thiophene rings is 1. The smallest absolute Gasteiger partial charge is 0.0963 e. The highest BCUT2D eigenvalue weighted by Gasteiger charge is 2.43. The molecule has 0 fully saturated rings. The Bertz CT molecular complexity index is 9390. The van der Waals surface area contributed by atoms with E-state index in [4.69, 9.17) is 15.0 Å². The summed E-state index contributed by atoms with van der Waals surface area (Å²) >= 11 is 1.88. The van der Waals surface area contributed by atoms with Crippen LogP contribution in [0.1, 0.15) is 99.9 Å². The number of rotatable bonds is 10. The molecular formula is C129H95N9S. The van der Waals surface area contributed by atoms with E-state index in [0.717, 1.165) is 84.3 Å². The Hall–Kier alpha value is -16.8. The maximum atomic E-state index is 4.94. The van der Waals surface area contributed by atoms with E-state index < -0.39 is 0 Å². The number of nitrogens with zero attached hydrogens (tertiary/aromatic N) is 9. The lowest BCUT2D eigenvalue weighted by atomic mass is 9.81. The molecular weight excluding hydrogens is 1710 g/mol. The van der Waals surface area contributed by atoms with E-state index in [1.165, 1.54) is 169 Å². The molecule has 0 saturated carbocycles. The maximum absolute atomic E-state index is 4.94. The minimum atomic E-state index is -0.163. The van der Waals surface area contributed by atoms with Gasteiger partial charge < -0.3 is 28.1 Å². The number of hydrogen-bond acceptors (Lipinski definition) is 6. The third-order valence-corrected chi connectivity index (χ3v) is 31.9. The van der Waals surface area contributed by atoms with Crippen LogP contribution in [0.2, 0.25) is 0 Å². The van der Waals surface area contributed by atoms with Crippen molar-refractivity contribution in [2.24, 2.45) is 0 Å². The largest absolute Gasteiger partial charge is 0.310 e. The number of benzene rings is 17. The van der Waals surface area contributed by atoms with Gasteiger partial charge >= 0.3 is 0 Å². The number of fused-ring (bicyclic) bond motifs is 30. The van der Waals surface area contributed by atoms with E-state index >= 15 is 0 Å². The second kappa shape index (κ2) is 30.9. The minimum Gasteiger partial charge on any atom is -0.310 e. The zero-order valence-electron chi connectivity index (χ0n) is 78.4. The number of pyridine rings is 3. The van der Waals surface area contributed by atoms with Gasteiger partial charge in [0.2, 0.25) is 0 Å². The van der Waals surface area contributed by atoms with Gasteiger partial charge in [0.05, 0.1) is 71.1 Å². The number of hydrogen-bond donors (Lipinski definition) is 0. The van der Waals surface area contributed by atoms with Crippen molar-refractivity contribution >= 4 is 153 Å². The topological polar surface area (TPSA) is 64.9 Å². The predicted molar refractivity (Wildman–Crippen MR) is 583 cm³/mol. The summed E-state index contributed by atoms with van der Waals surface area (Å²) in [5.74, 6) is 0. The standard InChI is InChI=1S/C50H36N4.C47H37N3.C32H22N2S/c1-50(2)43-20-11-9-18-38(43)40-28-29-41-48-46(22-13-31-51-48)54(49(41)47(40)50)36-25-23-35(24-26-36)52(33-14-5-3-6-15-33)37-27-30-45-42(32-37)39-19-10-12-21-44(39)53(45)34-16-7-4-8-17-34;1-46(2)39-17-10-8-15-34(39)36-25-24-33(29-41(36)46)49(30-13-6-5-7-14-30)31-20-22-32(23-21-31)50-42-19-12-28-48-44(42)38-27-26-37-35-16-9-11-18-40(35)47(3,4)43(37)45(38)50;1-32(2)24-12-5-3-9-19(24)21-16-17-23-29-25(14-8-18-33-29)34(30(23)28(21)32)26-13-7-11-22-20-10-4-6-15-27(20)35-31(22)26/h3-32H,1-2H3;5-29H,1-4H3;3-18H,1-2H3. The number of aromatic nitrogens is 7. The van der Waals surface area contributed by atoms with E-state index in [2.05, 4.69) is 490 Å². The van der Waals surface area contributed by atoms with Crippen molar-refractivity contribution in [3.05, 3.63) is 476 Å². The van der Waals surface area contributed by atoms with Gasteiger partial charge in [-0.05, 0) is 277 Å². The third kappa shape index (κ3) is 12.1. The average molecular weight is 1800 g/mol. The molecule has 0 radical (unpaired) electrons. The lowest BCUT2D eigenvalue weighted by molar-refractivity contribution is 0.660. The summed E-state index contributed by atoms with van der Waals surface area (Å²) in [5, 5.41) is 8.70. The van der Waals surface area contributed by atoms with Gasteiger partial charge in [-0.15, -0.1) is 11.3 Å². The summed E-state index contributed by atoms with van der Waals surface area (Å²) < 4.78 is 12.4. The summed E-state index contributed by atoms with van der Waals surface area (Å²) in [7, 11) is 0. The molecule has 0 aliphatic heterocycles. The SMILES string of the molecule is CC1(C)c2ccccc2-c2ccc(N(c3ccccc3)c3ccc(-n4c5cccnc5c5ccc6c(c54)C(C)(C)c4ccccc4-6)cc3)cc21.CC1(C)c2ccccc2-c2ccc3c4ncccc4n(-c4ccc(N(c5ccccc5)c5ccc6c(c5)c5ccccc5n6-c5ccccc5)cc4)c3c21.CC1(C)c2ccccc2-c2ccc3c4ncccc4n(-c4cccc5c4sc4ccccc45)c3c21. The molecule has 0 bridgehead atoms. The van der Waals surface area contributed by atoms with Crippen LogP contribution in [0.25, 0.3) is 175 Å². The van der Waals surface area contributed by atoms with Gasteiger partial charge in [-0.25, -0.2) is 0 Å². The van der Waals surface area contributed by atoms with E-state index in [9.17, 15) is 0 Å². The molecule has 8 heterocycles. The Morgan fingerprint density at radius 1 is 0.216 bits per heavy atom. The first-order chi connectivity index (χ1) is 68.1. The molecule has 0 atom stereocenters. The summed E-state index contributed by atoms with van der Waals surface area (Å²) in [6.45, 7) is 18.9. The van der Waals surface area contributed by atoms with Crippen LogP contribution in [-0.4, -0.2) is 33.2 Å². The Morgan fingerprint density at radius 2 is 0.561 bits per heavy atom. The van der Waals surface area contributed by atoms with Crippen molar-refractivity contribution in [2.75, 3.05) is 9.80 Å². The zero-order valence-corrected chi connectivity index (χ0v) is 79.2. The minimum absolute atomic E-state index is 0.0770. The van der Waals surface area contributed by atoms with Gasteiger partial charge in [0.15, 0.2) is 0 Å². The van der Waals surface area contributed by atoms with Crippen molar-refractivity contribution in [1.82, 2.24) is 33.2 Å². The highest BCUT2D eigenvalue weighted by Crippen LogP contribution is 2.59. The molecule has 10 heteroatoms. The van der Waals surface area contributed by atoms with Crippen LogP contribution in [0.15, 0.2) is 431 Å². The van der Waals surface area contributed by atoms with Crippen molar-refractivity contribution in [2.45, 2.75) is 77.0 Å². The fourth-order valence-electron chi connectivity index (χ4n) is 24.6. The van der Waals surface area contributed by atoms with Crippen LogP contribution in [-0.2, 0) is 21.7 Å². The average Bonchev–Trinajstić information content (AvgIpc) is 1.53. The number of para-hydroxylation sites is 4. The second-order valence-electron chi connectivity index (χ2n) is 39.7. The van der Waals surface area contributed by atoms with E-state index in [1.807, 2.05) is 36.0 Å². The van der Waals surface area contributed by atoms with Crippen LogP contribution in [0.3, 0.4) is 0 Å². The first kappa shape index (κ1) is 81.7. The molecule has 0 amide bonds. The van der Waals surface area contributed by atoms with Crippen LogP contribution in [0, 0.1) is 0 Å². The molecule has 0 saturated heterocycles. The quantitative estimate of drug-likeness (QED) is 0.137. The fraction of sp³-hybridized carbons (Fsp3) is 0.0930. The molecule has 0 spiro atoms. The third-order valence-electron chi connectivity index (χ3n) is 30.7. The molecule has 4 aliphatic rings. The molecule has 29 rings (SSSR count). The Kier molecular flexibility index (Phi) is 18.2. The van der Waals surface area contributed by atoms with Crippen LogP contribution >= 0.6 is 11.3 Å². The van der Waals surface area contributed by atoms with Gasteiger partial charge in [0, 0.05) is 134 Å². The van der Waals surface area contributed by atoms with Crippen molar-refractivity contribution in [3.8, 4) is 67.3 Å². The highest BCUT2D eigenvalue weighted by molar-refractivity contribution is 7.26. The molecule has 17 aromatic carbocycles. The van der Waals surface area contributed by atoms with Gasteiger partial charge in [-0.1, -0.05) is 280 Å². The Balaban J connectivity index is 0.000000107. The maximum Gasteiger partial charge on any atom is 0.0963 e. The second-order valence-corrected chi connectivity index (χ2v) is 40.8. The number of anilines is 6. The summed E-state index contributed by atoms with van der Waals surface area (Å²) in [4.78, 5) is 19.5. The molecule has 4 aliphatic carbocycles. The zero-order chi connectivity index (χ0) is 93.1. The molecule has 0 N–H and O–H groups in total. The van der Waals surface area contributed by atoms with E-state index in [-0.39, 0.29) is 21.7 Å². The summed E-state index contributed by atoms with van der Waals surface area (Å²) in [5.41, 5.74) is 45.1. The van der Waals surface area contributed by atoms with E-state index in [0.29, 0.717) is 0 Å². The highest BCUT2D eigenvalue weighted by atomic mass is 32.1. The van der Waals surface area contributed by atoms with Crippen molar-refractivity contribution in [3.63, 3.8) is 0 Å². The lowest BCUT2D eigenvalue weighted by Gasteiger charge is -2.28. The summed E-state index contributed by atoms with van der Waals surface area (Å²) in [6.07, 6.45) is 5.74.